The van der Waals surface area contributed by atoms with Crippen LogP contribution in [0.1, 0.15) is 103 Å². The highest BCUT2D eigenvalue weighted by molar-refractivity contribution is 6.05. The van der Waals surface area contributed by atoms with Gasteiger partial charge < -0.3 is 19.8 Å². The highest BCUT2D eigenvalue weighted by atomic mass is 16.3. The molecule has 55 heavy (non-hydrogen) atoms. The van der Waals surface area contributed by atoms with E-state index in [0.29, 0.717) is 24.4 Å². The molecule has 3 amide bonds. The zero-order valence-electron chi connectivity index (χ0n) is 31.8. The van der Waals surface area contributed by atoms with Crippen molar-refractivity contribution in [1.29, 1.82) is 0 Å². The van der Waals surface area contributed by atoms with Gasteiger partial charge in [0.05, 0.1) is 17.8 Å². The number of nitrogens with zero attached hydrogens (tertiary/aromatic N) is 4. The molecule has 1 unspecified atom stereocenters. The monoisotopic (exact) mass is 737 g/mol. The summed E-state index contributed by atoms with van der Waals surface area (Å²) < 4.78 is 0. The van der Waals surface area contributed by atoms with Crippen LogP contribution in [-0.4, -0.2) is 76.4 Å². The van der Waals surface area contributed by atoms with Crippen LogP contribution in [0.15, 0.2) is 91.0 Å². The van der Waals surface area contributed by atoms with E-state index in [9.17, 15) is 19.5 Å². The molecule has 9 nitrogen and oxygen atoms in total. The van der Waals surface area contributed by atoms with Gasteiger partial charge in [0, 0.05) is 36.8 Å². The lowest BCUT2D eigenvalue weighted by atomic mass is 9.88. The molecule has 3 saturated heterocycles. The number of pyridine rings is 1. The topological polar surface area (TPSA) is 106 Å². The third kappa shape index (κ3) is 7.94. The van der Waals surface area contributed by atoms with Crippen molar-refractivity contribution in [1.82, 2.24) is 20.1 Å². The average Bonchev–Trinajstić information content (AvgIpc) is 3.55. The summed E-state index contributed by atoms with van der Waals surface area (Å²) in [5.74, 6) is 0.549. The Bertz CT molecular complexity index is 2050. The molecule has 2 N–H and O–H groups in total. The zero-order chi connectivity index (χ0) is 37.9. The van der Waals surface area contributed by atoms with Gasteiger partial charge >= 0.3 is 0 Å². The number of aromatic nitrogens is 1. The molecular weight excluding hydrogens is 687 g/mol. The zero-order valence-corrected chi connectivity index (χ0v) is 31.8. The summed E-state index contributed by atoms with van der Waals surface area (Å²) in [6.07, 6.45) is 7.27. The molecule has 0 bridgehead atoms. The third-order valence-corrected chi connectivity index (χ3v) is 12.3. The summed E-state index contributed by atoms with van der Waals surface area (Å²) in [6, 6.07) is 30.5. The molecular formula is C46H51N5O4. The second kappa shape index (κ2) is 16.2. The summed E-state index contributed by atoms with van der Waals surface area (Å²) in [6.45, 7) is 7.93. The number of amides is 3. The van der Waals surface area contributed by atoms with E-state index < -0.39 is 6.04 Å². The van der Waals surface area contributed by atoms with E-state index in [0.717, 1.165) is 74.9 Å². The number of aromatic hydroxyl groups is 1. The van der Waals surface area contributed by atoms with Crippen LogP contribution in [0.5, 0.6) is 5.75 Å². The van der Waals surface area contributed by atoms with Crippen LogP contribution >= 0.6 is 0 Å². The van der Waals surface area contributed by atoms with Crippen molar-refractivity contribution < 1.29 is 19.5 Å². The van der Waals surface area contributed by atoms with Crippen molar-refractivity contribution in [3.05, 3.63) is 125 Å². The van der Waals surface area contributed by atoms with Crippen LogP contribution in [0, 0.1) is 5.92 Å². The Morgan fingerprint density at radius 3 is 2.15 bits per heavy atom. The van der Waals surface area contributed by atoms with Crippen molar-refractivity contribution in [2.45, 2.75) is 76.8 Å². The first kappa shape index (κ1) is 36.7. The van der Waals surface area contributed by atoms with Crippen LogP contribution in [0.2, 0.25) is 0 Å². The molecule has 0 aliphatic carbocycles. The van der Waals surface area contributed by atoms with Crippen LogP contribution in [0.4, 0.5) is 5.69 Å². The molecule has 4 aliphatic heterocycles. The number of imide groups is 1. The predicted octanol–water partition coefficient (Wildman–Crippen LogP) is 7.40. The molecule has 1 aromatic heterocycles. The Balaban J connectivity index is 0.824. The number of anilines is 1. The number of fused-ring (bicyclic) bond motifs is 1. The highest BCUT2D eigenvalue weighted by Gasteiger charge is 2.40. The minimum Gasteiger partial charge on any atom is -0.508 e. The minimum atomic E-state index is -0.612. The van der Waals surface area contributed by atoms with Crippen molar-refractivity contribution in [3.8, 4) is 5.75 Å². The van der Waals surface area contributed by atoms with Gasteiger partial charge in [-0.2, -0.15) is 0 Å². The third-order valence-electron chi connectivity index (χ3n) is 12.3. The lowest BCUT2D eigenvalue weighted by molar-refractivity contribution is -0.136. The molecule has 0 radical (unpaired) electrons. The van der Waals surface area contributed by atoms with Crippen molar-refractivity contribution in [2.24, 2.45) is 5.92 Å². The van der Waals surface area contributed by atoms with Gasteiger partial charge in [0.1, 0.15) is 11.8 Å². The Hall–Kier alpha value is -5.28. The van der Waals surface area contributed by atoms with Crippen molar-refractivity contribution in [3.63, 3.8) is 0 Å². The van der Waals surface area contributed by atoms with Gasteiger partial charge in [-0.3, -0.25) is 24.7 Å². The van der Waals surface area contributed by atoms with Crippen molar-refractivity contribution >= 4 is 34.6 Å². The number of allylic oxidation sites excluding steroid dienone is 1. The number of phenols is 1. The number of hydrogen-bond donors (Lipinski definition) is 2. The van der Waals surface area contributed by atoms with E-state index in [1.54, 1.807) is 17.0 Å². The maximum Gasteiger partial charge on any atom is 0.256 e. The molecule has 0 spiro atoms. The first-order valence-electron chi connectivity index (χ1n) is 20.1. The van der Waals surface area contributed by atoms with Gasteiger partial charge in [0.2, 0.25) is 11.8 Å². The number of carbonyl (C=O) groups excluding carboxylic acids is 3. The standard InChI is InChI=1S/C46H51N5O4/c1-2-38(32-6-4-3-5-7-32)44(35-10-14-37(52)15-11-35)34-8-12-36(13-9-34)50-28-21-31(22-29-50)20-25-49-26-23-33(24-27-49)40-17-16-39-41(47-40)30-51(46(39)55)42-18-19-43(53)48-45(42)54/h3-17,31,33,42,52H,2,18-30H2,1H3,(H,48,53,54)/b44-38+. The number of carbonyl (C=O) groups is 3. The average molecular weight is 738 g/mol. The lowest BCUT2D eigenvalue weighted by Crippen LogP contribution is -2.52. The van der Waals surface area contributed by atoms with Gasteiger partial charge in [-0.25, -0.2) is 0 Å². The normalized spacial score (nSPS) is 20.4. The largest absolute Gasteiger partial charge is 0.508 e. The molecule has 4 aromatic rings. The van der Waals surface area contributed by atoms with E-state index in [-0.39, 0.29) is 29.9 Å². The summed E-state index contributed by atoms with van der Waals surface area (Å²) in [4.78, 5) is 48.8. The smallest absolute Gasteiger partial charge is 0.256 e. The molecule has 9 heteroatoms. The maximum absolute atomic E-state index is 13.1. The minimum absolute atomic E-state index is 0.167. The predicted molar refractivity (Wildman–Crippen MR) is 215 cm³/mol. The van der Waals surface area contributed by atoms with Crippen LogP contribution in [-0.2, 0) is 16.1 Å². The fourth-order valence-electron chi connectivity index (χ4n) is 9.12. The first-order chi connectivity index (χ1) is 26.8. The first-order valence-corrected chi connectivity index (χ1v) is 20.1. The molecule has 0 saturated carbocycles. The lowest BCUT2D eigenvalue weighted by Gasteiger charge is -2.36. The van der Waals surface area contributed by atoms with Gasteiger partial charge in [-0.15, -0.1) is 0 Å². The van der Waals surface area contributed by atoms with E-state index in [1.165, 1.54) is 47.2 Å². The van der Waals surface area contributed by atoms with Crippen molar-refractivity contribution in [2.75, 3.05) is 37.6 Å². The molecule has 1 atom stereocenters. The number of benzene rings is 3. The van der Waals surface area contributed by atoms with Crippen LogP contribution < -0.4 is 10.2 Å². The van der Waals surface area contributed by atoms with Gasteiger partial charge in [0.15, 0.2) is 0 Å². The van der Waals surface area contributed by atoms with E-state index in [4.69, 9.17) is 4.98 Å². The van der Waals surface area contributed by atoms with Crippen LogP contribution in [0.3, 0.4) is 0 Å². The Kier molecular flexibility index (Phi) is 10.8. The molecule has 5 heterocycles. The Morgan fingerprint density at radius 2 is 1.47 bits per heavy atom. The summed E-state index contributed by atoms with van der Waals surface area (Å²) in [5, 5.41) is 12.4. The highest BCUT2D eigenvalue weighted by Crippen LogP contribution is 2.37. The van der Waals surface area contributed by atoms with E-state index in [1.807, 2.05) is 24.3 Å². The number of rotatable bonds is 10. The molecule has 3 fully saturated rings. The van der Waals surface area contributed by atoms with E-state index >= 15 is 0 Å². The number of piperidine rings is 3. The fraction of sp³-hybridized carbons (Fsp3) is 0.391. The summed E-state index contributed by atoms with van der Waals surface area (Å²) in [5.41, 5.74) is 9.67. The van der Waals surface area contributed by atoms with Gasteiger partial charge in [-0.05, 0) is 135 Å². The van der Waals surface area contributed by atoms with E-state index in [2.05, 4.69) is 76.6 Å². The SMILES string of the molecule is CC/C(=C(\c1ccc(O)cc1)c1ccc(N2CCC(CCN3CCC(c4ccc5c(n4)CN(C4CCC(=O)NC4=O)C5=O)CC3)CC2)cc1)c1ccccc1. The fourth-order valence-corrected chi connectivity index (χ4v) is 9.12. The second-order valence-corrected chi connectivity index (χ2v) is 15.6. The van der Waals surface area contributed by atoms with Gasteiger partial charge in [0.25, 0.3) is 5.91 Å². The molecule has 8 rings (SSSR count). The quantitative estimate of drug-likeness (QED) is 0.129. The molecule has 3 aromatic carbocycles. The number of phenolic OH excluding ortho intramolecular Hbond substituents is 1. The number of nitrogens with one attached hydrogen (secondary N) is 1. The second-order valence-electron chi connectivity index (χ2n) is 15.6. The molecule has 284 valence electrons. The Labute approximate surface area is 324 Å². The summed E-state index contributed by atoms with van der Waals surface area (Å²) >= 11 is 0. The van der Waals surface area contributed by atoms with Gasteiger partial charge in [-0.1, -0.05) is 61.5 Å². The Morgan fingerprint density at radius 1 is 0.782 bits per heavy atom. The molecule has 4 aliphatic rings. The summed E-state index contributed by atoms with van der Waals surface area (Å²) in [7, 11) is 0. The number of hydrogen-bond acceptors (Lipinski definition) is 7. The number of likely N-dealkylation sites (tertiary alicyclic amines) is 1. The maximum atomic E-state index is 13.1. The van der Waals surface area contributed by atoms with Crippen LogP contribution in [0.25, 0.3) is 11.1 Å².